The summed E-state index contributed by atoms with van der Waals surface area (Å²) in [5, 5.41) is 6.20. The molecule has 0 radical (unpaired) electrons. The number of amides is 2. The summed E-state index contributed by atoms with van der Waals surface area (Å²) in [7, 11) is 1.77. The molecule has 0 atom stereocenters. The Morgan fingerprint density at radius 2 is 1.91 bits per heavy atom. The first kappa shape index (κ1) is 28.9. The Morgan fingerprint density at radius 1 is 1.24 bits per heavy atom. The molecule has 1 aliphatic heterocycles. The SMILES string of the molecule is CCN(CC1CCN(C(=NC)NCCNC(=O)c2cccnc2)CC1)C(=O)OC(C)(C)C.I. The molecule has 0 aromatic carbocycles. The highest BCUT2D eigenvalue weighted by Gasteiger charge is 2.27. The fourth-order valence-corrected chi connectivity index (χ4v) is 3.58. The molecule has 9 nitrogen and oxygen atoms in total. The zero-order chi connectivity index (χ0) is 23.6. The average Bonchev–Trinajstić information content (AvgIpc) is 2.77. The normalized spacial score (nSPS) is 14.8. The van der Waals surface area contributed by atoms with Gasteiger partial charge in [0, 0.05) is 58.7 Å². The van der Waals surface area contributed by atoms with Gasteiger partial charge in [-0.15, -0.1) is 24.0 Å². The van der Waals surface area contributed by atoms with E-state index in [0.717, 1.165) is 31.9 Å². The van der Waals surface area contributed by atoms with Gasteiger partial charge in [0.1, 0.15) is 5.60 Å². The van der Waals surface area contributed by atoms with Crippen LogP contribution in [0.3, 0.4) is 0 Å². The number of hydrogen-bond donors (Lipinski definition) is 2. The fraction of sp³-hybridized carbons (Fsp3) is 0.652. The highest BCUT2D eigenvalue weighted by molar-refractivity contribution is 14.0. The Balaban J connectivity index is 0.00000544. The number of piperidine rings is 1. The second kappa shape index (κ2) is 14.2. The van der Waals surface area contributed by atoms with E-state index < -0.39 is 5.60 Å². The van der Waals surface area contributed by atoms with E-state index in [2.05, 4.69) is 25.5 Å². The minimum absolute atomic E-state index is 0. The lowest BCUT2D eigenvalue weighted by Crippen LogP contribution is -2.49. The number of hydrogen-bond acceptors (Lipinski definition) is 5. The molecule has 10 heteroatoms. The van der Waals surface area contributed by atoms with Gasteiger partial charge < -0.3 is 25.2 Å². The van der Waals surface area contributed by atoms with Crippen LogP contribution in [0.5, 0.6) is 0 Å². The highest BCUT2D eigenvalue weighted by Crippen LogP contribution is 2.20. The molecule has 2 heterocycles. The number of nitrogens with zero attached hydrogens (tertiary/aromatic N) is 4. The summed E-state index contributed by atoms with van der Waals surface area (Å²) in [6.45, 7) is 11.8. The van der Waals surface area contributed by atoms with Crippen LogP contribution in [0.2, 0.25) is 0 Å². The van der Waals surface area contributed by atoms with E-state index in [4.69, 9.17) is 4.74 Å². The van der Waals surface area contributed by atoms with E-state index in [0.29, 0.717) is 37.7 Å². The summed E-state index contributed by atoms with van der Waals surface area (Å²) in [6, 6.07) is 3.48. The number of rotatable bonds is 7. The monoisotopic (exact) mass is 574 g/mol. The molecular formula is C23H39IN6O3. The van der Waals surface area contributed by atoms with E-state index in [1.165, 1.54) is 0 Å². The third kappa shape index (κ3) is 10.1. The zero-order valence-corrected chi connectivity index (χ0v) is 22.8. The molecule has 1 aliphatic rings. The molecular weight excluding hydrogens is 535 g/mol. The van der Waals surface area contributed by atoms with Crippen molar-refractivity contribution >= 4 is 41.9 Å². The molecule has 1 aromatic rings. The van der Waals surface area contributed by atoms with Crippen molar-refractivity contribution < 1.29 is 14.3 Å². The maximum Gasteiger partial charge on any atom is 0.410 e. The van der Waals surface area contributed by atoms with Gasteiger partial charge in [-0.25, -0.2) is 4.79 Å². The number of aliphatic imine (C=N–C) groups is 1. The standard InChI is InChI=1S/C23H38N6O3.HI/c1-6-28(22(31)32-23(2,3)4)17-18-9-14-29(15-10-18)21(24-5)27-13-12-26-20(30)19-8-7-11-25-16-19;/h7-8,11,16,18H,6,9-10,12-15,17H2,1-5H3,(H,24,27)(H,26,30);1H. The number of pyridine rings is 1. The number of aromatic nitrogens is 1. The van der Waals surface area contributed by atoms with Gasteiger partial charge in [0.05, 0.1) is 5.56 Å². The van der Waals surface area contributed by atoms with Gasteiger partial charge in [-0.2, -0.15) is 0 Å². The number of nitrogens with one attached hydrogen (secondary N) is 2. The first-order valence-electron chi connectivity index (χ1n) is 11.3. The lowest BCUT2D eigenvalue weighted by atomic mass is 9.96. The molecule has 0 unspecified atom stereocenters. The first-order chi connectivity index (χ1) is 15.2. The minimum atomic E-state index is -0.483. The number of carbonyl (C=O) groups excluding carboxylic acids is 2. The summed E-state index contributed by atoms with van der Waals surface area (Å²) in [5.41, 5.74) is 0.0650. The maximum absolute atomic E-state index is 12.4. The van der Waals surface area contributed by atoms with E-state index in [1.807, 2.05) is 27.7 Å². The van der Waals surface area contributed by atoms with Crippen LogP contribution in [0.1, 0.15) is 50.9 Å². The smallest absolute Gasteiger partial charge is 0.410 e. The molecule has 0 bridgehead atoms. The molecule has 2 rings (SSSR count). The molecule has 2 N–H and O–H groups in total. The van der Waals surface area contributed by atoms with Gasteiger partial charge in [0.15, 0.2) is 5.96 Å². The van der Waals surface area contributed by atoms with Crippen molar-refractivity contribution in [1.29, 1.82) is 0 Å². The average molecular weight is 575 g/mol. The molecule has 33 heavy (non-hydrogen) atoms. The van der Waals surface area contributed by atoms with Gasteiger partial charge in [0.25, 0.3) is 5.91 Å². The Kier molecular flexibility index (Phi) is 12.5. The van der Waals surface area contributed by atoms with Crippen molar-refractivity contribution in [1.82, 2.24) is 25.4 Å². The van der Waals surface area contributed by atoms with Crippen molar-refractivity contribution in [3.8, 4) is 0 Å². The quantitative estimate of drug-likeness (QED) is 0.225. The topological polar surface area (TPSA) is 99.2 Å². The Bertz CT molecular complexity index is 761. The number of carbonyl (C=O) groups is 2. The maximum atomic E-state index is 12.4. The minimum Gasteiger partial charge on any atom is -0.444 e. The van der Waals surface area contributed by atoms with E-state index in [9.17, 15) is 9.59 Å². The second-order valence-corrected chi connectivity index (χ2v) is 8.92. The van der Waals surface area contributed by atoms with Crippen molar-refractivity contribution in [3.05, 3.63) is 30.1 Å². The number of halogens is 1. The summed E-state index contributed by atoms with van der Waals surface area (Å²) in [5.74, 6) is 1.13. The second-order valence-electron chi connectivity index (χ2n) is 8.92. The molecule has 0 spiro atoms. The summed E-state index contributed by atoms with van der Waals surface area (Å²) in [6.07, 6.45) is 4.92. The van der Waals surface area contributed by atoms with Crippen LogP contribution in [0.15, 0.2) is 29.5 Å². The number of ether oxygens (including phenoxy) is 1. The van der Waals surface area contributed by atoms with Crippen molar-refractivity contribution in [2.24, 2.45) is 10.9 Å². The summed E-state index contributed by atoms with van der Waals surface area (Å²) < 4.78 is 5.52. The molecule has 2 amide bonds. The highest BCUT2D eigenvalue weighted by atomic mass is 127. The Hall–Kier alpha value is -2.11. The molecule has 0 saturated carbocycles. The van der Waals surface area contributed by atoms with Crippen LogP contribution in [-0.4, -0.2) is 84.7 Å². The van der Waals surface area contributed by atoms with Crippen LogP contribution in [0.25, 0.3) is 0 Å². The molecule has 1 aromatic heterocycles. The predicted molar refractivity (Wildman–Crippen MR) is 141 cm³/mol. The third-order valence-corrected chi connectivity index (χ3v) is 5.26. The molecule has 1 fully saturated rings. The molecule has 186 valence electrons. The largest absolute Gasteiger partial charge is 0.444 e. The third-order valence-electron chi connectivity index (χ3n) is 5.26. The number of likely N-dealkylation sites (tertiary alicyclic amines) is 1. The van der Waals surface area contributed by atoms with E-state index in [-0.39, 0.29) is 36.0 Å². The van der Waals surface area contributed by atoms with Gasteiger partial charge >= 0.3 is 6.09 Å². The lowest BCUT2D eigenvalue weighted by Gasteiger charge is -2.36. The van der Waals surface area contributed by atoms with Crippen molar-refractivity contribution in [3.63, 3.8) is 0 Å². The summed E-state index contributed by atoms with van der Waals surface area (Å²) >= 11 is 0. The lowest BCUT2D eigenvalue weighted by molar-refractivity contribution is 0.0214. The Labute approximate surface area is 214 Å². The van der Waals surface area contributed by atoms with Gasteiger partial charge in [-0.05, 0) is 58.6 Å². The zero-order valence-electron chi connectivity index (χ0n) is 20.5. The van der Waals surface area contributed by atoms with Crippen LogP contribution >= 0.6 is 24.0 Å². The van der Waals surface area contributed by atoms with Gasteiger partial charge in [-0.1, -0.05) is 0 Å². The first-order valence-corrected chi connectivity index (χ1v) is 11.3. The van der Waals surface area contributed by atoms with Crippen LogP contribution in [0, 0.1) is 5.92 Å². The predicted octanol–water partition coefficient (Wildman–Crippen LogP) is 2.97. The van der Waals surface area contributed by atoms with Crippen LogP contribution < -0.4 is 10.6 Å². The van der Waals surface area contributed by atoms with Gasteiger partial charge in [-0.3, -0.25) is 14.8 Å². The van der Waals surface area contributed by atoms with E-state index >= 15 is 0 Å². The fourth-order valence-electron chi connectivity index (χ4n) is 3.58. The van der Waals surface area contributed by atoms with Crippen LogP contribution in [0.4, 0.5) is 4.79 Å². The molecule has 1 saturated heterocycles. The summed E-state index contributed by atoms with van der Waals surface area (Å²) in [4.78, 5) is 36.8. The Morgan fingerprint density at radius 3 is 2.45 bits per heavy atom. The number of guanidine groups is 1. The molecule has 0 aliphatic carbocycles. The van der Waals surface area contributed by atoms with E-state index in [1.54, 1.807) is 36.5 Å². The van der Waals surface area contributed by atoms with Crippen molar-refractivity contribution in [2.45, 2.75) is 46.1 Å². The van der Waals surface area contributed by atoms with Crippen LogP contribution in [-0.2, 0) is 4.74 Å². The van der Waals surface area contributed by atoms with Crippen molar-refractivity contribution in [2.75, 3.05) is 46.3 Å². The van der Waals surface area contributed by atoms with Gasteiger partial charge in [0.2, 0.25) is 0 Å².